The van der Waals surface area contributed by atoms with Gasteiger partial charge in [-0.2, -0.15) is 0 Å². The highest BCUT2D eigenvalue weighted by molar-refractivity contribution is 6.07. The number of carbonyl (C=O) groups excluding carboxylic acids is 1. The number of ether oxygens (including phenoxy) is 1. The summed E-state index contributed by atoms with van der Waals surface area (Å²) in [5, 5.41) is 7.43. The molecule has 2 aromatic carbocycles. The number of rotatable bonds is 5. The molecule has 0 spiro atoms. The molecule has 2 aromatic rings. The number of methoxy groups -OCH3 is 1. The Hall–Kier alpha value is -2.37. The van der Waals surface area contributed by atoms with Gasteiger partial charge in [0.2, 0.25) is 5.91 Å². The van der Waals surface area contributed by atoms with Crippen LogP contribution in [0.1, 0.15) is 49.4 Å². The molecule has 1 amide bonds. The predicted octanol–water partition coefficient (Wildman–Crippen LogP) is 3.53. The van der Waals surface area contributed by atoms with E-state index in [9.17, 15) is 4.79 Å². The first-order valence-corrected chi connectivity index (χ1v) is 10.4. The molecule has 154 valence electrons. The number of carbonyl (C=O) groups is 1. The first kappa shape index (κ1) is 19.9. The fourth-order valence-electron chi connectivity index (χ4n) is 4.72. The smallest absolute Gasteiger partial charge is 0.236 e. The van der Waals surface area contributed by atoms with Crippen molar-refractivity contribution in [2.24, 2.45) is 0 Å². The number of hydrogen-bond donors (Lipinski definition) is 2. The molecular formula is C24H31N3O2. The average Bonchev–Trinajstić information content (AvgIpc) is 2.92. The van der Waals surface area contributed by atoms with Crippen LogP contribution in [-0.4, -0.2) is 32.7 Å². The molecule has 2 aliphatic rings. The van der Waals surface area contributed by atoms with Crippen LogP contribution in [0.2, 0.25) is 0 Å². The van der Waals surface area contributed by atoms with Crippen molar-refractivity contribution in [3.8, 4) is 5.75 Å². The number of benzene rings is 2. The summed E-state index contributed by atoms with van der Waals surface area (Å²) >= 11 is 0. The van der Waals surface area contributed by atoms with Crippen molar-refractivity contribution in [1.82, 2.24) is 10.6 Å². The monoisotopic (exact) mass is 393 g/mol. The summed E-state index contributed by atoms with van der Waals surface area (Å²) in [6, 6.07) is 15.4. The van der Waals surface area contributed by atoms with Crippen molar-refractivity contribution in [3.05, 3.63) is 59.2 Å². The normalized spacial score (nSPS) is 23.2. The maximum absolute atomic E-state index is 12.7. The third kappa shape index (κ3) is 3.53. The second kappa shape index (κ2) is 7.81. The highest BCUT2D eigenvalue weighted by Crippen LogP contribution is 2.44. The van der Waals surface area contributed by atoms with Gasteiger partial charge in [-0.3, -0.25) is 4.79 Å². The Balaban J connectivity index is 1.58. The zero-order valence-electron chi connectivity index (χ0n) is 17.8. The van der Waals surface area contributed by atoms with Crippen molar-refractivity contribution in [2.75, 3.05) is 25.6 Å². The molecule has 2 N–H and O–H groups in total. The van der Waals surface area contributed by atoms with Crippen molar-refractivity contribution in [2.45, 2.75) is 50.7 Å². The van der Waals surface area contributed by atoms with Crippen LogP contribution in [0, 0.1) is 0 Å². The van der Waals surface area contributed by atoms with E-state index in [1.807, 2.05) is 27.0 Å². The molecule has 0 aliphatic carbocycles. The van der Waals surface area contributed by atoms with Crippen molar-refractivity contribution < 1.29 is 9.53 Å². The van der Waals surface area contributed by atoms with Crippen molar-refractivity contribution in [1.29, 1.82) is 0 Å². The second-order valence-electron chi connectivity index (χ2n) is 8.64. The van der Waals surface area contributed by atoms with Crippen LogP contribution >= 0.6 is 0 Å². The number of hydrogen-bond acceptors (Lipinski definition) is 4. The van der Waals surface area contributed by atoms with Gasteiger partial charge in [0.1, 0.15) is 5.75 Å². The quantitative estimate of drug-likeness (QED) is 0.816. The van der Waals surface area contributed by atoms with E-state index in [2.05, 4.69) is 47.0 Å². The number of piperidine rings is 1. The van der Waals surface area contributed by atoms with Crippen LogP contribution in [0.3, 0.4) is 0 Å². The molecule has 1 saturated heterocycles. The Morgan fingerprint density at radius 2 is 2.00 bits per heavy atom. The maximum atomic E-state index is 12.7. The Morgan fingerprint density at radius 3 is 2.72 bits per heavy atom. The Labute approximate surface area is 173 Å². The molecular weight excluding hydrogens is 362 g/mol. The number of nitrogens with zero attached hydrogens (tertiary/aromatic N) is 1. The SMILES string of the molecule is COc1cc2c(cc1CN[C@H]1CCCN[C@H]1c1ccccc1)C(C)(C)C(=O)N2C. The molecule has 0 bridgehead atoms. The number of likely N-dealkylation sites (N-methyl/N-ethyl adjacent to an activating group) is 1. The van der Waals surface area contributed by atoms with E-state index in [-0.39, 0.29) is 5.91 Å². The van der Waals surface area contributed by atoms with Crippen LogP contribution in [0.25, 0.3) is 0 Å². The molecule has 29 heavy (non-hydrogen) atoms. The molecule has 2 heterocycles. The van der Waals surface area contributed by atoms with Crippen molar-refractivity contribution in [3.63, 3.8) is 0 Å². The molecule has 0 unspecified atom stereocenters. The molecule has 0 saturated carbocycles. The lowest BCUT2D eigenvalue weighted by Gasteiger charge is -2.34. The van der Waals surface area contributed by atoms with Gasteiger partial charge in [-0.25, -0.2) is 0 Å². The first-order valence-electron chi connectivity index (χ1n) is 10.4. The highest BCUT2D eigenvalue weighted by atomic mass is 16.5. The number of fused-ring (bicyclic) bond motifs is 1. The summed E-state index contributed by atoms with van der Waals surface area (Å²) in [6.07, 6.45) is 2.29. The summed E-state index contributed by atoms with van der Waals surface area (Å²) in [5.74, 6) is 0.953. The van der Waals surface area contributed by atoms with E-state index < -0.39 is 5.41 Å². The van der Waals surface area contributed by atoms with Gasteiger partial charge in [0.25, 0.3) is 0 Å². The third-order valence-electron chi connectivity index (χ3n) is 6.44. The van der Waals surface area contributed by atoms with Gasteiger partial charge in [-0.05, 0) is 50.4 Å². The van der Waals surface area contributed by atoms with Crippen LogP contribution in [0.4, 0.5) is 5.69 Å². The Morgan fingerprint density at radius 1 is 1.24 bits per heavy atom. The summed E-state index contributed by atoms with van der Waals surface area (Å²) in [4.78, 5) is 14.4. The first-order chi connectivity index (χ1) is 13.9. The fraction of sp³-hybridized carbons (Fsp3) is 0.458. The minimum absolute atomic E-state index is 0.125. The molecule has 4 rings (SSSR count). The van der Waals surface area contributed by atoms with Crippen LogP contribution < -0.4 is 20.3 Å². The van der Waals surface area contributed by atoms with Gasteiger partial charge >= 0.3 is 0 Å². The van der Waals surface area contributed by atoms with E-state index >= 15 is 0 Å². The largest absolute Gasteiger partial charge is 0.496 e. The van der Waals surface area contributed by atoms with E-state index in [0.29, 0.717) is 18.6 Å². The standard InChI is InChI=1S/C24H31N3O2/c1-24(2)18-13-17(21(29-4)14-20(18)27(3)23(24)28)15-26-19-11-8-12-25-22(19)16-9-6-5-7-10-16/h5-7,9-10,13-14,19,22,25-26H,8,11-12,15H2,1-4H3/t19-,22-/m0/s1. The lowest BCUT2D eigenvalue weighted by molar-refractivity contribution is -0.121. The number of amides is 1. The van der Waals surface area contributed by atoms with Gasteiger partial charge in [0.15, 0.2) is 0 Å². The summed E-state index contributed by atoms with van der Waals surface area (Å²) < 4.78 is 5.68. The zero-order valence-corrected chi connectivity index (χ0v) is 17.8. The lowest BCUT2D eigenvalue weighted by atomic mass is 9.85. The van der Waals surface area contributed by atoms with Gasteiger partial charge in [-0.15, -0.1) is 0 Å². The molecule has 0 radical (unpaired) electrons. The molecule has 2 aliphatic heterocycles. The second-order valence-corrected chi connectivity index (χ2v) is 8.64. The molecule has 1 fully saturated rings. The van der Waals surface area contributed by atoms with E-state index in [0.717, 1.165) is 42.0 Å². The van der Waals surface area contributed by atoms with E-state index in [4.69, 9.17) is 4.74 Å². The van der Waals surface area contributed by atoms with E-state index in [1.54, 1.807) is 12.0 Å². The van der Waals surface area contributed by atoms with Crippen LogP contribution in [-0.2, 0) is 16.8 Å². The summed E-state index contributed by atoms with van der Waals surface area (Å²) in [6.45, 7) is 5.75. The van der Waals surface area contributed by atoms with Crippen LogP contribution in [0.5, 0.6) is 5.75 Å². The predicted molar refractivity (Wildman–Crippen MR) is 116 cm³/mol. The molecule has 2 atom stereocenters. The van der Waals surface area contributed by atoms with Gasteiger partial charge < -0.3 is 20.3 Å². The summed E-state index contributed by atoms with van der Waals surface area (Å²) in [5.41, 5.74) is 3.93. The zero-order chi connectivity index (χ0) is 20.6. The fourth-order valence-corrected chi connectivity index (χ4v) is 4.72. The van der Waals surface area contributed by atoms with E-state index in [1.165, 1.54) is 5.56 Å². The number of nitrogens with one attached hydrogen (secondary N) is 2. The number of anilines is 1. The third-order valence-corrected chi connectivity index (χ3v) is 6.44. The highest BCUT2D eigenvalue weighted by Gasteiger charge is 2.43. The van der Waals surface area contributed by atoms with Crippen LogP contribution in [0.15, 0.2) is 42.5 Å². The topological polar surface area (TPSA) is 53.6 Å². The van der Waals surface area contributed by atoms with Gasteiger partial charge in [0.05, 0.1) is 18.2 Å². The molecule has 5 nitrogen and oxygen atoms in total. The maximum Gasteiger partial charge on any atom is 0.236 e. The Kier molecular flexibility index (Phi) is 5.36. The summed E-state index contributed by atoms with van der Waals surface area (Å²) in [7, 11) is 3.54. The molecule has 5 heteroatoms. The van der Waals surface area contributed by atoms with Gasteiger partial charge in [-0.1, -0.05) is 30.3 Å². The molecule has 0 aromatic heterocycles. The van der Waals surface area contributed by atoms with Crippen molar-refractivity contribution >= 4 is 11.6 Å². The minimum Gasteiger partial charge on any atom is -0.496 e. The minimum atomic E-state index is -0.510. The Bertz CT molecular complexity index is 894. The van der Waals surface area contributed by atoms with Gasteiger partial charge in [0, 0.05) is 37.3 Å². The lowest BCUT2D eigenvalue weighted by Crippen LogP contribution is -2.45. The average molecular weight is 394 g/mol.